The fraction of sp³-hybridized carbons (Fsp3) is 0.292. The first-order valence-corrected chi connectivity index (χ1v) is 12.4. The molecule has 1 heterocycles. The second kappa shape index (κ2) is 9.79. The molecular weight excluding hydrogens is 543 g/mol. The zero-order valence-corrected chi connectivity index (χ0v) is 20.7. The van der Waals surface area contributed by atoms with E-state index in [4.69, 9.17) is 18.5 Å². The third kappa shape index (κ3) is 5.05. The molecule has 3 aromatic carbocycles. The molecule has 14 heteroatoms. The Kier molecular flexibility index (Phi) is 7.15. The molecule has 0 aromatic heterocycles. The Morgan fingerprint density at radius 1 is 0.816 bits per heavy atom. The fourth-order valence-corrected chi connectivity index (χ4v) is 6.51. The minimum atomic E-state index is -5.58. The summed E-state index contributed by atoms with van der Waals surface area (Å²) in [6.07, 6.45) is -10.2. The lowest BCUT2D eigenvalue weighted by molar-refractivity contribution is -0.166. The van der Waals surface area contributed by atoms with Crippen molar-refractivity contribution in [2.75, 3.05) is 27.4 Å². The van der Waals surface area contributed by atoms with E-state index in [0.717, 1.165) is 0 Å². The molecule has 7 nitrogen and oxygen atoms in total. The van der Waals surface area contributed by atoms with Gasteiger partial charge in [0.2, 0.25) is 0 Å². The van der Waals surface area contributed by atoms with Crippen molar-refractivity contribution in [1.29, 1.82) is 0 Å². The van der Waals surface area contributed by atoms with E-state index in [1.807, 2.05) is 0 Å². The molecule has 0 saturated heterocycles. The molecule has 0 bridgehead atoms. The number of hydrogen-bond acceptors (Lipinski definition) is 6. The molecule has 1 atom stereocenters. The number of hydrogen-bond donors (Lipinski definition) is 1. The second-order valence-corrected chi connectivity index (χ2v) is 10.4. The lowest BCUT2D eigenvalue weighted by Crippen LogP contribution is -2.42. The van der Waals surface area contributed by atoms with Gasteiger partial charge in [-0.25, -0.2) is 0 Å². The Bertz CT molecular complexity index is 1400. The Morgan fingerprint density at radius 3 is 1.89 bits per heavy atom. The van der Waals surface area contributed by atoms with Crippen LogP contribution < -0.4 is 14.8 Å². The van der Waals surface area contributed by atoms with Crippen molar-refractivity contribution >= 4 is 24.3 Å². The van der Waals surface area contributed by atoms with Gasteiger partial charge in [0.05, 0.1) is 14.2 Å². The van der Waals surface area contributed by atoms with Crippen LogP contribution in [0.1, 0.15) is 21.5 Å². The van der Waals surface area contributed by atoms with Crippen molar-refractivity contribution in [3.8, 4) is 11.5 Å². The topological polar surface area (TPSA) is 83.1 Å². The first-order valence-electron chi connectivity index (χ1n) is 10.8. The van der Waals surface area contributed by atoms with E-state index in [1.54, 1.807) is 24.3 Å². The Labute approximate surface area is 212 Å². The van der Waals surface area contributed by atoms with Crippen molar-refractivity contribution in [2.45, 2.75) is 17.6 Å². The van der Waals surface area contributed by atoms with E-state index in [0.29, 0.717) is 10.8 Å². The maximum Gasteiger partial charge on any atom is 0.412 e. The lowest BCUT2D eigenvalue weighted by atomic mass is 9.94. The zero-order chi connectivity index (χ0) is 27.9. The smallest absolute Gasteiger partial charge is 0.412 e. The number of rotatable bonds is 8. The highest BCUT2D eigenvalue weighted by Gasteiger charge is 2.61. The molecule has 1 N–H and O–H groups in total. The quantitative estimate of drug-likeness (QED) is 0.262. The summed E-state index contributed by atoms with van der Waals surface area (Å²) in [5, 5.41) is 0.743. The standard InChI is InChI=1S/C24H20F6NO6P/c1-34-19-8-7-16(11-20(19)35-2)24(38(33,36-12-22(25,26)27)37-13-23(28,29)30)18-10-15-6-4-3-5-14(15)9-17(18)21(32)31-24/h3-11H,12-13H2,1-2H3,(H,31,32)/t24-/m0/s1. The third-order valence-electron chi connectivity index (χ3n) is 5.82. The summed E-state index contributed by atoms with van der Waals surface area (Å²) >= 11 is 0. The normalized spacial score (nSPS) is 17.8. The second-order valence-electron chi connectivity index (χ2n) is 8.25. The zero-order valence-electron chi connectivity index (χ0n) is 19.8. The van der Waals surface area contributed by atoms with Crippen molar-refractivity contribution in [1.82, 2.24) is 5.32 Å². The van der Waals surface area contributed by atoms with Crippen LogP contribution in [0.15, 0.2) is 54.6 Å². The summed E-state index contributed by atoms with van der Waals surface area (Å²) in [6, 6.07) is 13.0. The predicted octanol–water partition coefficient (Wildman–Crippen LogP) is 6.15. The predicted molar refractivity (Wildman–Crippen MR) is 123 cm³/mol. The van der Waals surface area contributed by atoms with E-state index in [-0.39, 0.29) is 28.2 Å². The van der Waals surface area contributed by atoms with Crippen molar-refractivity contribution in [3.05, 3.63) is 71.3 Å². The highest BCUT2D eigenvalue weighted by atomic mass is 31.2. The highest BCUT2D eigenvalue weighted by molar-refractivity contribution is 7.55. The SMILES string of the molecule is COc1ccc([C@@]2(P(=O)(OCC(F)(F)F)OCC(F)(F)F)NC(=O)c3cc4ccccc4cc32)cc1OC. The van der Waals surface area contributed by atoms with Crippen LogP contribution >= 0.6 is 7.60 Å². The van der Waals surface area contributed by atoms with Gasteiger partial charge in [-0.3, -0.25) is 18.4 Å². The molecule has 1 amide bonds. The fourth-order valence-electron chi connectivity index (χ4n) is 4.24. The molecule has 38 heavy (non-hydrogen) atoms. The van der Waals surface area contributed by atoms with Gasteiger partial charge in [-0.15, -0.1) is 0 Å². The first-order chi connectivity index (χ1) is 17.7. The Hall–Kier alpha value is -3.28. The van der Waals surface area contributed by atoms with E-state index < -0.39 is 44.3 Å². The molecular formula is C24H20F6NO6P. The molecule has 1 aliphatic rings. The highest BCUT2D eigenvalue weighted by Crippen LogP contribution is 2.69. The minimum Gasteiger partial charge on any atom is -0.493 e. The number of halogens is 6. The van der Waals surface area contributed by atoms with Gasteiger partial charge in [-0.1, -0.05) is 30.3 Å². The first kappa shape index (κ1) is 27.7. The van der Waals surface area contributed by atoms with Crippen LogP contribution in [0.5, 0.6) is 11.5 Å². The largest absolute Gasteiger partial charge is 0.493 e. The van der Waals surface area contributed by atoms with Crippen molar-refractivity contribution in [3.63, 3.8) is 0 Å². The number of carbonyl (C=O) groups is 1. The van der Waals surface area contributed by atoms with Gasteiger partial charge < -0.3 is 14.8 Å². The molecule has 0 radical (unpaired) electrons. The lowest BCUT2D eigenvalue weighted by Gasteiger charge is -2.37. The van der Waals surface area contributed by atoms with Crippen LogP contribution in [0.3, 0.4) is 0 Å². The van der Waals surface area contributed by atoms with Gasteiger partial charge in [-0.05, 0) is 40.6 Å². The van der Waals surface area contributed by atoms with Crippen LogP contribution in [0.25, 0.3) is 10.8 Å². The van der Waals surface area contributed by atoms with E-state index in [9.17, 15) is 35.7 Å². The number of methoxy groups -OCH3 is 2. The Morgan fingerprint density at radius 2 is 1.37 bits per heavy atom. The molecule has 0 unspecified atom stereocenters. The van der Waals surface area contributed by atoms with Gasteiger partial charge in [0.15, 0.2) is 30.0 Å². The summed E-state index contributed by atoms with van der Waals surface area (Å²) in [7, 11) is -3.04. The maximum absolute atomic E-state index is 14.3. The molecule has 0 aliphatic carbocycles. The summed E-state index contributed by atoms with van der Waals surface area (Å²) in [4.78, 5) is 13.2. The van der Waals surface area contributed by atoms with Crippen LogP contribution in [0, 0.1) is 0 Å². The summed E-state index contributed by atoms with van der Waals surface area (Å²) in [6.45, 7) is -4.42. The number of ether oxygens (including phenoxy) is 2. The molecule has 0 spiro atoms. The molecule has 4 rings (SSSR count). The van der Waals surface area contributed by atoms with Gasteiger partial charge in [0.1, 0.15) is 0 Å². The molecule has 0 fully saturated rings. The number of alkyl halides is 6. The number of benzene rings is 3. The number of carbonyl (C=O) groups excluding carboxylic acids is 1. The van der Waals surface area contributed by atoms with Crippen LogP contribution in [0.2, 0.25) is 0 Å². The minimum absolute atomic E-state index is 0.00828. The van der Waals surface area contributed by atoms with Crippen LogP contribution in [-0.4, -0.2) is 45.7 Å². The van der Waals surface area contributed by atoms with E-state index >= 15 is 0 Å². The van der Waals surface area contributed by atoms with Crippen molar-refractivity contribution < 1.29 is 54.2 Å². The maximum atomic E-state index is 14.3. The average Bonchev–Trinajstić information content (AvgIpc) is 3.16. The molecule has 0 saturated carbocycles. The van der Waals surface area contributed by atoms with Crippen molar-refractivity contribution in [2.24, 2.45) is 0 Å². The van der Waals surface area contributed by atoms with E-state index in [2.05, 4.69) is 5.32 Å². The molecule has 204 valence electrons. The number of amides is 1. The van der Waals surface area contributed by atoms with Gasteiger partial charge in [0.25, 0.3) is 5.91 Å². The summed E-state index contributed by atoms with van der Waals surface area (Å²) in [5.74, 6) is -0.769. The van der Waals surface area contributed by atoms with Crippen LogP contribution in [-0.2, 0) is 18.9 Å². The van der Waals surface area contributed by atoms with Crippen LogP contribution in [0.4, 0.5) is 26.3 Å². The number of fused-ring (bicyclic) bond motifs is 2. The van der Waals surface area contributed by atoms with Gasteiger partial charge in [0, 0.05) is 11.1 Å². The van der Waals surface area contributed by atoms with Gasteiger partial charge >= 0.3 is 19.9 Å². The van der Waals surface area contributed by atoms with E-state index in [1.165, 1.54) is 44.6 Å². The number of nitrogens with one attached hydrogen (secondary N) is 1. The summed E-state index contributed by atoms with van der Waals surface area (Å²) in [5.41, 5.74) is -0.545. The molecule has 1 aliphatic heterocycles. The Balaban J connectivity index is 2.06. The summed E-state index contributed by atoms with van der Waals surface area (Å²) < 4.78 is 113. The van der Waals surface area contributed by atoms with Gasteiger partial charge in [-0.2, -0.15) is 26.3 Å². The monoisotopic (exact) mass is 563 g/mol. The molecule has 3 aromatic rings. The third-order valence-corrected chi connectivity index (χ3v) is 8.19. The average molecular weight is 563 g/mol.